The van der Waals surface area contributed by atoms with Crippen LogP contribution in [0.1, 0.15) is 25.7 Å². The van der Waals surface area contributed by atoms with E-state index >= 15 is 0 Å². The van der Waals surface area contributed by atoms with Gasteiger partial charge in [0, 0.05) is 25.7 Å². The van der Waals surface area contributed by atoms with Gasteiger partial charge < -0.3 is 9.47 Å². The molecule has 2 unspecified atom stereocenters. The van der Waals surface area contributed by atoms with Gasteiger partial charge >= 0.3 is 0 Å². The van der Waals surface area contributed by atoms with Gasteiger partial charge in [-0.15, -0.1) is 0 Å². The highest BCUT2D eigenvalue weighted by atomic mass is 32.2. The quantitative estimate of drug-likeness (QED) is 0.832. The molecule has 1 aromatic rings. The first-order chi connectivity index (χ1) is 10.6. The summed E-state index contributed by atoms with van der Waals surface area (Å²) in [6.07, 6.45) is 6.46. The first-order valence-corrected chi connectivity index (χ1v) is 9.27. The number of nitrogens with zero attached hydrogens (tertiary/aromatic N) is 2. The van der Waals surface area contributed by atoms with Gasteiger partial charge in [0.1, 0.15) is 11.9 Å². The topological polar surface area (TPSA) is 68.7 Å². The normalized spacial score (nSPS) is 32.6. The minimum Gasteiger partial charge on any atom is -0.486 e. The van der Waals surface area contributed by atoms with Crippen LogP contribution in [0.4, 0.5) is 0 Å². The van der Waals surface area contributed by atoms with Crippen molar-refractivity contribution in [3.63, 3.8) is 0 Å². The molecule has 0 radical (unpaired) electrons. The molecule has 0 N–H and O–H groups in total. The Balaban J connectivity index is 1.40. The minimum absolute atomic E-state index is 0.0345. The number of ether oxygens (including phenoxy) is 2. The maximum absolute atomic E-state index is 12.3. The van der Waals surface area contributed by atoms with Gasteiger partial charge in [0.2, 0.25) is 10.0 Å². The van der Waals surface area contributed by atoms with E-state index in [1.165, 1.54) is 0 Å². The molecule has 22 heavy (non-hydrogen) atoms. The van der Waals surface area contributed by atoms with Gasteiger partial charge in [-0.25, -0.2) is 8.42 Å². The summed E-state index contributed by atoms with van der Waals surface area (Å²) < 4.78 is 38.1. The van der Waals surface area contributed by atoms with Crippen LogP contribution in [0.5, 0.6) is 5.75 Å². The van der Waals surface area contributed by atoms with E-state index in [1.54, 1.807) is 16.7 Å². The smallest absolute Gasteiger partial charge is 0.217 e. The molecule has 1 spiro atoms. The van der Waals surface area contributed by atoms with Gasteiger partial charge in [0.05, 0.1) is 23.7 Å². The summed E-state index contributed by atoms with van der Waals surface area (Å²) in [6.45, 7) is 1.55. The maximum Gasteiger partial charge on any atom is 0.217 e. The Bertz CT molecular complexity index is 647. The Kier molecular flexibility index (Phi) is 3.39. The molecule has 1 saturated carbocycles. The van der Waals surface area contributed by atoms with E-state index < -0.39 is 10.0 Å². The van der Waals surface area contributed by atoms with Crippen molar-refractivity contribution in [2.75, 3.05) is 19.7 Å². The van der Waals surface area contributed by atoms with Crippen LogP contribution < -0.4 is 4.74 Å². The third-order valence-corrected chi connectivity index (χ3v) is 7.04. The summed E-state index contributed by atoms with van der Waals surface area (Å²) in [6, 6.07) is 3.71. The van der Waals surface area contributed by atoms with E-state index in [0.29, 0.717) is 19.7 Å². The third-order valence-electron chi connectivity index (χ3n) is 4.70. The Morgan fingerprint density at radius 3 is 3.00 bits per heavy atom. The molecule has 7 heteroatoms. The summed E-state index contributed by atoms with van der Waals surface area (Å²) in [7, 11) is -3.10. The standard InChI is InChI=1S/C15H20N2O4S/c18-22(19,14-3-4-14)17-7-5-15(11-17)8-13(10-20-15)21-12-2-1-6-16-9-12/h1-2,6,9,13-14H,3-5,7-8,10-11H2. The molecule has 120 valence electrons. The largest absolute Gasteiger partial charge is 0.486 e. The first kappa shape index (κ1) is 14.4. The second-order valence-electron chi connectivity index (χ2n) is 6.45. The van der Waals surface area contributed by atoms with Crippen molar-refractivity contribution in [2.45, 2.75) is 42.6 Å². The van der Waals surface area contributed by atoms with E-state index in [0.717, 1.165) is 31.4 Å². The molecule has 3 heterocycles. The van der Waals surface area contributed by atoms with Crippen LogP contribution in [0.2, 0.25) is 0 Å². The zero-order valence-electron chi connectivity index (χ0n) is 12.3. The lowest BCUT2D eigenvalue weighted by Gasteiger charge is -2.23. The Labute approximate surface area is 130 Å². The highest BCUT2D eigenvalue weighted by Gasteiger charge is 2.51. The molecule has 2 atom stereocenters. The van der Waals surface area contributed by atoms with Gasteiger partial charge in [-0.2, -0.15) is 4.31 Å². The summed E-state index contributed by atoms with van der Waals surface area (Å²) >= 11 is 0. The molecule has 1 aromatic heterocycles. The number of hydrogen-bond acceptors (Lipinski definition) is 5. The average Bonchev–Trinajstić information content (AvgIpc) is 3.20. The predicted octanol–water partition coefficient (Wildman–Crippen LogP) is 1.19. The lowest BCUT2D eigenvalue weighted by molar-refractivity contribution is 0.0143. The molecule has 6 nitrogen and oxygen atoms in total. The number of pyridine rings is 1. The van der Waals surface area contributed by atoms with Crippen LogP contribution in [0.3, 0.4) is 0 Å². The molecule has 2 aliphatic heterocycles. The lowest BCUT2D eigenvalue weighted by Crippen LogP contribution is -2.37. The molecular formula is C15H20N2O4S. The Morgan fingerprint density at radius 1 is 1.41 bits per heavy atom. The SMILES string of the molecule is O=S(=O)(C1CC1)N1CCC2(CC(Oc3cccnc3)CO2)C1. The number of aromatic nitrogens is 1. The molecule has 0 aromatic carbocycles. The first-order valence-electron chi connectivity index (χ1n) is 7.77. The second kappa shape index (κ2) is 5.18. The van der Waals surface area contributed by atoms with Crippen LogP contribution in [0, 0.1) is 0 Å². The number of sulfonamides is 1. The van der Waals surface area contributed by atoms with Crippen molar-refractivity contribution in [1.29, 1.82) is 0 Å². The zero-order chi connectivity index (χ0) is 15.2. The molecule has 0 amide bonds. The number of hydrogen-bond donors (Lipinski definition) is 0. The molecule has 2 saturated heterocycles. The number of rotatable bonds is 4. The predicted molar refractivity (Wildman–Crippen MR) is 80.1 cm³/mol. The molecule has 4 rings (SSSR count). The van der Waals surface area contributed by atoms with Crippen molar-refractivity contribution in [3.05, 3.63) is 24.5 Å². The average molecular weight is 324 g/mol. The fourth-order valence-electron chi connectivity index (χ4n) is 3.37. The highest BCUT2D eigenvalue weighted by molar-refractivity contribution is 7.90. The van der Waals surface area contributed by atoms with E-state index in [2.05, 4.69) is 4.98 Å². The fraction of sp³-hybridized carbons (Fsp3) is 0.667. The van der Waals surface area contributed by atoms with Crippen LogP contribution in [0.15, 0.2) is 24.5 Å². The van der Waals surface area contributed by atoms with Crippen molar-refractivity contribution in [1.82, 2.24) is 9.29 Å². The molecule has 1 aliphatic carbocycles. The van der Waals surface area contributed by atoms with Crippen LogP contribution in [0.25, 0.3) is 0 Å². The minimum atomic E-state index is -3.10. The van der Waals surface area contributed by atoms with Gasteiger partial charge in [0.25, 0.3) is 0 Å². The summed E-state index contributed by atoms with van der Waals surface area (Å²) in [5.74, 6) is 0.730. The molecule has 3 aliphatic rings. The Morgan fingerprint density at radius 2 is 2.27 bits per heavy atom. The van der Waals surface area contributed by atoms with Crippen molar-refractivity contribution in [3.8, 4) is 5.75 Å². The molecule has 0 bridgehead atoms. The van der Waals surface area contributed by atoms with Gasteiger partial charge in [-0.05, 0) is 31.4 Å². The summed E-state index contributed by atoms with van der Waals surface area (Å²) in [5, 5.41) is -0.147. The lowest BCUT2D eigenvalue weighted by atomic mass is 9.98. The van der Waals surface area contributed by atoms with E-state index in [1.807, 2.05) is 12.1 Å². The van der Waals surface area contributed by atoms with Crippen LogP contribution in [-0.2, 0) is 14.8 Å². The third kappa shape index (κ3) is 2.61. The monoisotopic (exact) mass is 324 g/mol. The highest BCUT2D eigenvalue weighted by Crippen LogP contribution is 2.40. The molecule has 3 fully saturated rings. The summed E-state index contributed by atoms with van der Waals surface area (Å²) in [5.41, 5.74) is -0.366. The van der Waals surface area contributed by atoms with Crippen LogP contribution >= 0.6 is 0 Å². The zero-order valence-corrected chi connectivity index (χ0v) is 13.2. The summed E-state index contributed by atoms with van der Waals surface area (Å²) in [4.78, 5) is 4.03. The van der Waals surface area contributed by atoms with E-state index in [4.69, 9.17) is 9.47 Å². The van der Waals surface area contributed by atoms with Crippen LogP contribution in [-0.4, -0.2) is 54.4 Å². The molecular weight excluding hydrogens is 304 g/mol. The van der Waals surface area contributed by atoms with Crippen molar-refractivity contribution < 1.29 is 17.9 Å². The maximum atomic E-state index is 12.3. The van der Waals surface area contributed by atoms with E-state index in [-0.39, 0.29) is 17.0 Å². The van der Waals surface area contributed by atoms with Crippen molar-refractivity contribution in [2.24, 2.45) is 0 Å². The van der Waals surface area contributed by atoms with E-state index in [9.17, 15) is 8.42 Å². The van der Waals surface area contributed by atoms with Gasteiger partial charge in [0.15, 0.2) is 0 Å². The van der Waals surface area contributed by atoms with Crippen molar-refractivity contribution >= 4 is 10.0 Å². The fourth-order valence-corrected chi connectivity index (χ4v) is 5.29. The second-order valence-corrected chi connectivity index (χ2v) is 8.67. The van der Waals surface area contributed by atoms with Gasteiger partial charge in [-0.1, -0.05) is 0 Å². The Hall–Kier alpha value is -1.18. The van der Waals surface area contributed by atoms with Gasteiger partial charge in [-0.3, -0.25) is 4.98 Å².